The molecule has 0 saturated carbocycles. The van der Waals surface area contributed by atoms with Crippen molar-refractivity contribution in [2.75, 3.05) is 0 Å². The molecule has 0 aliphatic heterocycles. The van der Waals surface area contributed by atoms with Crippen LogP contribution in [0, 0.1) is 0 Å². The number of aromatic nitrogens is 3. The van der Waals surface area contributed by atoms with Crippen molar-refractivity contribution in [2.45, 2.75) is 26.2 Å². The number of phenolic OH excluding ortho intramolecular Hbond substituents is 1. The first-order valence-electron chi connectivity index (χ1n) is 14.9. The smallest absolute Gasteiger partial charge is 0.149 e. The van der Waals surface area contributed by atoms with Gasteiger partial charge in [0, 0.05) is 23.0 Å². The van der Waals surface area contributed by atoms with E-state index >= 15 is 0 Å². The topological polar surface area (TPSA) is 50.9 Å². The van der Waals surface area contributed by atoms with E-state index in [0.29, 0.717) is 11.4 Å². The molecule has 0 atom stereocenters. The van der Waals surface area contributed by atoms with Gasteiger partial charge >= 0.3 is 0 Å². The molecule has 214 valence electrons. The Balaban J connectivity index is 1.47. The quantitative estimate of drug-likeness (QED) is 0.224. The Morgan fingerprint density at radius 1 is 0.591 bits per heavy atom. The summed E-state index contributed by atoms with van der Waals surface area (Å²) in [7, 11) is 0. The summed E-state index contributed by atoms with van der Waals surface area (Å²) in [5.74, 6) is 0.897. The van der Waals surface area contributed by atoms with E-state index in [1.54, 1.807) is 6.07 Å². The van der Waals surface area contributed by atoms with Gasteiger partial charge in [0.15, 0.2) is 0 Å². The second kappa shape index (κ2) is 11.0. The lowest BCUT2D eigenvalue weighted by molar-refractivity contribution is 0.477. The molecule has 7 rings (SSSR count). The lowest BCUT2D eigenvalue weighted by Crippen LogP contribution is -2.11. The molecule has 4 nitrogen and oxygen atoms in total. The molecule has 0 saturated heterocycles. The largest absolute Gasteiger partial charge is 0.507 e. The van der Waals surface area contributed by atoms with Crippen molar-refractivity contribution < 1.29 is 5.11 Å². The van der Waals surface area contributed by atoms with E-state index in [2.05, 4.69) is 110 Å². The highest BCUT2D eigenvalue weighted by atomic mass is 16.3. The molecule has 2 heterocycles. The summed E-state index contributed by atoms with van der Waals surface area (Å²) in [6.45, 7) is 6.71. The Morgan fingerprint density at radius 3 is 2.02 bits per heavy atom. The molecule has 0 radical (unpaired) electrons. The maximum absolute atomic E-state index is 10.9. The maximum Gasteiger partial charge on any atom is 0.149 e. The normalized spacial score (nSPS) is 11.6. The van der Waals surface area contributed by atoms with Crippen LogP contribution in [0.15, 0.2) is 140 Å². The van der Waals surface area contributed by atoms with Gasteiger partial charge in [0.05, 0.1) is 22.3 Å². The van der Waals surface area contributed by atoms with Crippen LogP contribution in [-0.4, -0.2) is 19.6 Å². The molecule has 0 unspecified atom stereocenters. The number of aromatic hydroxyl groups is 1. The number of pyridine rings is 1. The maximum atomic E-state index is 10.9. The molecule has 5 aromatic carbocycles. The minimum Gasteiger partial charge on any atom is -0.507 e. The molecule has 2 aromatic heterocycles. The number of imidazole rings is 1. The number of para-hydroxylation sites is 2. The number of rotatable bonds is 5. The SMILES string of the molecule is CC(C)(C)c1cc(-c2cccc(-c3cc(-c4ccccc4)ccn3)c2)c2nc(-c3ccccc3O)n(-c3ccccc3)c2c1. The molecular weight excluding hydrogens is 538 g/mol. The van der Waals surface area contributed by atoms with Gasteiger partial charge in [0.2, 0.25) is 0 Å². The summed E-state index contributed by atoms with van der Waals surface area (Å²) < 4.78 is 2.16. The summed E-state index contributed by atoms with van der Waals surface area (Å²) in [5.41, 5.74) is 11.0. The summed E-state index contributed by atoms with van der Waals surface area (Å²) >= 11 is 0. The second-order valence-corrected chi connectivity index (χ2v) is 12.1. The fourth-order valence-electron chi connectivity index (χ4n) is 5.76. The van der Waals surface area contributed by atoms with Gasteiger partial charge < -0.3 is 5.11 Å². The summed E-state index contributed by atoms with van der Waals surface area (Å²) in [5, 5.41) is 10.9. The van der Waals surface area contributed by atoms with Crippen molar-refractivity contribution in [1.82, 2.24) is 14.5 Å². The monoisotopic (exact) mass is 571 g/mol. The standard InChI is InChI=1S/C40H33N3O/c1-40(2,3)31-25-34(29-15-12-16-30(23-29)35-24-28(21-22-41-35)27-13-6-4-7-14-27)38-36(26-31)43(32-17-8-5-9-18-32)39(42-38)33-19-10-11-20-37(33)44/h4-26,44H,1-3H3. The van der Waals surface area contributed by atoms with Gasteiger partial charge in [-0.05, 0) is 82.3 Å². The van der Waals surface area contributed by atoms with Crippen LogP contribution in [0.5, 0.6) is 5.75 Å². The van der Waals surface area contributed by atoms with Crippen molar-refractivity contribution >= 4 is 11.0 Å². The van der Waals surface area contributed by atoms with E-state index < -0.39 is 0 Å². The van der Waals surface area contributed by atoms with Crippen molar-refractivity contribution in [1.29, 1.82) is 0 Å². The van der Waals surface area contributed by atoms with Gasteiger partial charge in [-0.1, -0.05) is 99.6 Å². The van der Waals surface area contributed by atoms with E-state index in [1.165, 1.54) is 5.56 Å². The highest BCUT2D eigenvalue weighted by Gasteiger charge is 2.24. The lowest BCUT2D eigenvalue weighted by atomic mass is 9.84. The number of hydrogen-bond acceptors (Lipinski definition) is 3. The van der Waals surface area contributed by atoms with Crippen LogP contribution in [0.3, 0.4) is 0 Å². The van der Waals surface area contributed by atoms with Gasteiger partial charge in [-0.15, -0.1) is 0 Å². The van der Waals surface area contributed by atoms with Crippen molar-refractivity contribution in [3.8, 4) is 56.3 Å². The van der Waals surface area contributed by atoms with Crippen LogP contribution in [0.2, 0.25) is 0 Å². The van der Waals surface area contributed by atoms with Gasteiger partial charge in [-0.2, -0.15) is 0 Å². The number of fused-ring (bicyclic) bond motifs is 1. The first kappa shape index (κ1) is 27.4. The summed E-state index contributed by atoms with van der Waals surface area (Å²) in [4.78, 5) is 10.0. The number of nitrogens with zero attached hydrogens (tertiary/aromatic N) is 3. The van der Waals surface area contributed by atoms with Crippen LogP contribution >= 0.6 is 0 Å². The second-order valence-electron chi connectivity index (χ2n) is 12.1. The van der Waals surface area contributed by atoms with Crippen LogP contribution in [-0.2, 0) is 5.41 Å². The molecule has 0 fully saturated rings. The van der Waals surface area contributed by atoms with Crippen LogP contribution in [0.4, 0.5) is 0 Å². The Kier molecular flexibility index (Phi) is 6.83. The highest BCUT2D eigenvalue weighted by Crippen LogP contribution is 2.40. The first-order valence-corrected chi connectivity index (χ1v) is 14.9. The van der Waals surface area contributed by atoms with Crippen molar-refractivity contribution in [2.24, 2.45) is 0 Å². The Labute approximate surface area is 258 Å². The van der Waals surface area contributed by atoms with Gasteiger partial charge in [0.25, 0.3) is 0 Å². The average molecular weight is 572 g/mol. The van der Waals surface area contributed by atoms with E-state index in [4.69, 9.17) is 9.97 Å². The molecule has 0 aliphatic rings. The number of benzene rings is 5. The minimum absolute atomic E-state index is 0.104. The zero-order chi connectivity index (χ0) is 30.3. The Hall–Kier alpha value is -5.48. The van der Waals surface area contributed by atoms with Gasteiger partial charge in [0.1, 0.15) is 11.6 Å². The van der Waals surface area contributed by atoms with E-state index in [0.717, 1.165) is 50.2 Å². The first-order chi connectivity index (χ1) is 21.4. The highest BCUT2D eigenvalue weighted by molar-refractivity contribution is 5.97. The average Bonchev–Trinajstić information content (AvgIpc) is 3.44. The van der Waals surface area contributed by atoms with Crippen LogP contribution < -0.4 is 0 Å². The minimum atomic E-state index is -0.104. The molecule has 4 heteroatoms. The summed E-state index contributed by atoms with van der Waals surface area (Å²) in [6, 6.07) is 45.3. The van der Waals surface area contributed by atoms with E-state index in [9.17, 15) is 5.11 Å². The zero-order valence-electron chi connectivity index (χ0n) is 25.1. The fraction of sp³-hybridized carbons (Fsp3) is 0.100. The van der Waals surface area contributed by atoms with Crippen molar-refractivity contribution in [3.05, 3.63) is 145 Å². The summed E-state index contributed by atoms with van der Waals surface area (Å²) in [6.07, 6.45) is 1.88. The third-order valence-electron chi connectivity index (χ3n) is 8.12. The van der Waals surface area contributed by atoms with E-state index in [1.807, 2.05) is 48.7 Å². The predicted octanol–water partition coefficient (Wildman–Crippen LogP) is 10.1. The molecule has 0 spiro atoms. The van der Waals surface area contributed by atoms with Gasteiger partial charge in [-0.25, -0.2) is 4.98 Å². The Bertz CT molecular complexity index is 2110. The zero-order valence-corrected chi connectivity index (χ0v) is 25.1. The fourth-order valence-corrected chi connectivity index (χ4v) is 5.76. The molecule has 7 aromatic rings. The number of hydrogen-bond donors (Lipinski definition) is 1. The molecular formula is C40H33N3O. The van der Waals surface area contributed by atoms with Crippen LogP contribution in [0.1, 0.15) is 26.3 Å². The third-order valence-corrected chi connectivity index (χ3v) is 8.12. The van der Waals surface area contributed by atoms with Crippen LogP contribution in [0.25, 0.3) is 61.6 Å². The van der Waals surface area contributed by atoms with Gasteiger partial charge in [-0.3, -0.25) is 9.55 Å². The molecule has 44 heavy (non-hydrogen) atoms. The third kappa shape index (κ3) is 5.05. The predicted molar refractivity (Wildman–Crippen MR) is 181 cm³/mol. The molecule has 0 amide bonds. The number of phenols is 1. The molecule has 1 N–H and O–H groups in total. The van der Waals surface area contributed by atoms with Crippen molar-refractivity contribution in [3.63, 3.8) is 0 Å². The molecule has 0 aliphatic carbocycles. The molecule has 0 bridgehead atoms. The lowest BCUT2D eigenvalue weighted by Gasteiger charge is -2.21. The van der Waals surface area contributed by atoms with E-state index in [-0.39, 0.29) is 11.2 Å². The Morgan fingerprint density at radius 2 is 1.27 bits per heavy atom.